The van der Waals surface area contributed by atoms with Gasteiger partial charge < -0.3 is 15.2 Å². The minimum Gasteiger partial charge on any atom is -0.493 e. The summed E-state index contributed by atoms with van der Waals surface area (Å²) in [6, 6.07) is 11.5. The van der Waals surface area contributed by atoms with Gasteiger partial charge in [0.15, 0.2) is 0 Å². The Labute approximate surface area is 149 Å². The van der Waals surface area contributed by atoms with Gasteiger partial charge >= 0.3 is 11.9 Å². The lowest BCUT2D eigenvalue weighted by Gasteiger charge is -2.19. The summed E-state index contributed by atoms with van der Waals surface area (Å²) < 4.78 is 34.1. The van der Waals surface area contributed by atoms with E-state index in [0.29, 0.717) is 6.42 Å². The number of carboxylic acids is 1. The number of carbonyl (C=O) groups is 2. The number of carbonyl (C=O) groups excluding carboxylic acids is 1. The Morgan fingerprint density at radius 3 is 2.38 bits per heavy atom. The summed E-state index contributed by atoms with van der Waals surface area (Å²) in [5.41, 5.74) is 0.385. The minimum absolute atomic E-state index is 0.00234. The van der Waals surface area contributed by atoms with Crippen molar-refractivity contribution < 1.29 is 28.2 Å². The van der Waals surface area contributed by atoms with E-state index < -0.39 is 23.4 Å². The van der Waals surface area contributed by atoms with Crippen LogP contribution in [0, 0.1) is 0 Å². The molecule has 2 rings (SSSR count). The molecule has 0 heterocycles. The Hall–Kier alpha value is -2.96. The van der Waals surface area contributed by atoms with E-state index in [9.17, 15) is 18.4 Å². The SMILES string of the molecule is CCOc1ccccc1C(F)(F)C(=O)NCCc1ccc(C(=O)O)cc1. The van der Waals surface area contributed by atoms with Crippen LogP contribution in [0.15, 0.2) is 48.5 Å². The summed E-state index contributed by atoms with van der Waals surface area (Å²) in [6.45, 7) is 1.88. The molecule has 0 saturated heterocycles. The predicted molar refractivity (Wildman–Crippen MR) is 91.6 cm³/mol. The second-order valence-electron chi connectivity index (χ2n) is 5.51. The molecule has 0 saturated carbocycles. The second-order valence-corrected chi connectivity index (χ2v) is 5.51. The third-order valence-corrected chi connectivity index (χ3v) is 3.71. The van der Waals surface area contributed by atoms with E-state index in [1.54, 1.807) is 25.1 Å². The van der Waals surface area contributed by atoms with E-state index in [1.165, 1.54) is 24.3 Å². The normalized spacial score (nSPS) is 11.0. The molecule has 0 spiro atoms. The molecule has 0 aliphatic carbocycles. The highest BCUT2D eigenvalue weighted by atomic mass is 19.3. The summed E-state index contributed by atoms with van der Waals surface area (Å²) in [5.74, 6) is -6.21. The maximum Gasteiger partial charge on any atom is 0.353 e. The number of amides is 1. The number of alkyl halides is 2. The van der Waals surface area contributed by atoms with Crippen LogP contribution in [0.1, 0.15) is 28.4 Å². The summed E-state index contributed by atoms with van der Waals surface area (Å²) >= 11 is 0. The molecular weight excluding hydrogens is 344 g/mol. The van der Waals surface area contributed by atoms with Crippen LogP contribution in [0.4, 0.5) is 8.78 Å². The van der Waals surface area contributed by atoms with E-state index in [0.717, 1.165) is 11.6 Å². The van der Waals surface area contributed by atoms with Crippen molar-refractivity contribution in [1.29, 1.82) is 0 Å². The lowest BCUT2D eigenvalue weighted by atomic mass is 10.1. The third-order valence-electron chi connectivity index (χ3n) is 3.71. The number of rotatable bonds is 8. The van der Waals surface area contributed by atoms with E-state index in [4.69, 9.17) is 9.84 Å². The molecule has 0 bridgehead atoms. The molecule has 2 aromatic carbocycles. The van der Waals surface area contributed by atoms with Gasteiger partial charge in [0.1, 0.15) is 5.75 Å². The van der Waals surface area contributed by atoms with E-state index in [2.05, 4.69) is 5.32 Å². The number of hydrogen-bond acceptors (Lipinski definition) is 3. The lowest BCUT2D eigenvalue weighted by Crippen LogP contribution is -2.39. The smallest absolute Gasteiger partial charge is 0.353 e. The number of halogens is 2. The van der Waals surface area contributed by atoms with Crippen molar-refractivity contribution in [2.24, 2.45) is 0 Å². The van der Waals surface area contributed by atoms with Crippen molar-refractivity contribution in [3.8, 4) is 5.75 Å². The van der Waals surface area contributed by atoms with Crippen LogP contribution in [-0.2, 0) is 17.1 Å². The lowest BCUT2D eigenvalue weighted by molar-refractivity contribution is -0.147. The highest BCUT2D eigenvalue weighted by molar-refractivity contribution is 5.87. The Balaban J connectivity index is 1.99. The molecular formula is C19H19F2NO4. The van der Waals surface area contributed by atoms with Crippen LogP contribution in [0.25, 0.3) is 0 Å². The van der Waals surface area contributed by atoms with Gasteiger partial charge in [0, 0.05) is 6.54 Å². The van der Waals surface area contributed by atoms with Crippen molar-refractivity contribution in [2.75, 3.05) is 13.2 Å². The summed E-state index contributed by atoms with van der Waals surface area (Å²) in [5, 5.41) is 11.0. The first-order valence-electron chi connectivity index (χ1n) is 8.07. The molecule has 1 amide bonds. The molecule has 7 heteroatoms. The molecule has 0 fully saturated rings. The topological polar surface area (TPSA) is 75.6 Å². The summed E-state index contributed by atoms with van der Waals surface area (Å²) in [6.07, 6.45) is 0.300. The summed E-state index contributed by atoms with van der Waals surface area (Å²) in [7, 11) is 0. The van der Waals surface area contributed by atoms with E-state index >= 15 is 0 Å². The number of aromatic carboxylic acids is 1. The number of ether oxygens (including phenoxy) is 1. The number of benzene rings is 2. The number of carboxylic acid groups (broad SMARTS) is 1. The van der Waals surface area contributed by atoms with Crippen LogP contribution >= 0.6 is 0 Å². The maximum absolute atomic E-state index is 14.4. The van der Waals surface area contributed by atoms with Gasteiger partial charge in [0.2, 0.25) is 0 Å². The Morgan fingerprint density at radius 2 is 1.77 bits per heavy atom. The van der Waals surface area contributed by atoms with E-state index in [-0.39, 0.29) is 24.5 Å². The molecule has 2 N–H and O–H groups in total. The van der Waals surface area contributed by atoms with E-state index in [1.807, 2.05) is 0 Å². The first kappa shape index (κ1) is 19.4. The molecule has 26 heavy (non-hydrogen) atoms. The van der Waals surface area contributed by atoms with Crippen molar-refractivity contribution in [3.05, 3.63) is 65.2 Å². The zero-order chi connectivity index (χ0) is 19.2. The Kier molecular flexibility index (Phi) is 6.27. The molecule has 0 aromatic heterocycles. The van der Waals surface area contributed by atoms with Gasteiger partial charge in [0.25, 0.3) is 5.91 Å². The van der Waals surface area contributed by atoms with Crippen molar-refractivity contribution in [1.82, 2.24) is 5.32 Å². The number of hydrogen-bond donors (Lipinski definition) is 2. The quantitative estimate of drug-likeness (QED) is 0.755. The fraction of sp³-hybridized carbons (Fsp3) is 0.263. The highest BCUT2D eigenvalue weighted by Crippen LogP contribution is 2.35. The van der Waals surface area contributed by atoms with Gasteiger partial charge in [-0.15, -0.1) is 0 Å². The van der Waals surface area contributed by atoms with Crippen LogP contribution < -0.4 is 10.1 Å². The van der Waals surface area contributed by atoms with Gasteiger partial charge in [-0.2, -0.15) is 8.78 Å². The number of nitrogens with one attached hydrogen (secondary N) is 1. The monoisotopic (exact) mass is 363 g/mol. The Bertz CT molecular complexity index is 775. The van der Waals surface area contributed by atoms with Crippen molar-refractivity contribution in [3.63, 3.8) is 0 Å². The standard InChI is InChI=1S/C19H19F2NO4/c1-2-26-16-6-4-3-5-15(16)19(20,21)18(25)22-12-11-13-7-9-14(10-8-13)17(23)24/h3-10H,2,11-12H2,1H3,(H,22,25)(H,23,24). The Morgan fingerprint density at radius 1 is 1.12 bits per heavy atom. The third kappa shape index (κ3) is 4.56. The maximum atomic E-state index is 14.4. The first-order valence-corrected chi connectivity index (χ1v) is 8.07. The highest BCUT2D eigenvalue weighted by Gasteiger charge is 2.43. The minimum atomic E-state index is -3.72. The van der Waals surface area contributed by atoms with Crippen molar-refractivity contribution >= 4 is 11.9 Å². The zero-order valence-electron chi connectivity index (χ0n) is 14.2. The molecule has 0 aliphatic heterocycles. The molecule has 0 atom stereocenters. The average Bonchev–Trinajstić information content (AvgIpc) is 2.62. The average molecular weight is 363 g/mol. The van der Waals surface area contributed by atoms with Gasteiger partial charge in [-0.3, -0.25) is 4.79 Å². The molecule has 0 aliphatic rings. The van der Waals surface area contributed by atoms with Gasteiger partial charge in [-0.25, -0.2) is 4.79 Å². The number of para-hydroxylation sites is 1. The second kappa shape index (κ2) is 8.42. The molecule has 138 valence electrons. The molecule has 0 unspecified atom stereocenters. The van der Waals surface area contributed by atoms with Crippen LogP contribution in [-0.4, -0.2) is 30.1 Å². The fourth-order valence-corrected chi connectivity index (χ4v) is 2.38. The fourth-order valence-electron chi connectivity index (χ4n) is 2.38. The first-order chi connectivity index (χ1) is 12.4. The predicted octanol–water partition coefficient (Wildman–Crippen LogP) is 3.23. The summed E-state index contributed by atoms with van der Waals surface area (Å²) in [4.78, 5) is 22.7. The molecule has 5 nitrogen and oxygen atoms in total. The van der Waals surface area contributed by atoms with Crippen molar-refractivity contribution in [2.45, 2.75) is 19.3 Å². The van der Waals surface area contributed by atoms with Crippen LogP contribution in [0.5, 0.6) is 5.75 Å². The largest absolute Gasteiger partial charge is 0.493 e. The van der Waals surface area contributed by atoms with Gasteiger partial charge in [-0.05, 0) is 43.2 Å². The zero-order valence-corrected chi connectivity index (χ0v) is 14.2. The van der Waals surface area contributed by atoms with Crippen LogP contribution in [0.3, 0.4) is 0 Å². The van der Waals surface area contributed by atoms with Gasteiger partial charge in [-0.1, -0.05) is 24.3 Å². The molecule has 2 aromatic rings. The van der Waals surface area contributed by atoms with Gasteiger partial charge in [0.05, 0.1) is 17.7 Å². The molecule has 0 radical (unpaired) electrons. The van der Waals surface area contributed by atoms with Crippen LogP contribution in [0.2, 0.25) is 0 Å².